The Kier molecular flexibility index (Phi) is 4.06. The largest absolute Gasteiger partial charge is 0.322 e. The number of halogens is 1. The Morgan fingerprint density at radius 2 is 1.86 bits per heavy atom. The lowest BCUT2D eigenvalue weighted by Gasteiger charge is -2.23. The van der Waals surface area contributed by atoms with E-state index in [2.05, 4.69) is 10.3 Å². The molecular formula is C16H16ClN3O. The molecule has 3 rings (SSSR count). The molecule has 1 aromatic heterocycles. The molecule has 1 aliphatic rings. The zero-order chi connectivity index (χ0) is 14.7. The molecule has 1 aromatic carbocycles. The van der Waals surface area contributed by atoms with E-state index in [1.807, 2.05) is 17.0 Å². The first-order valence-corrected chi connectivity index (χ1v) is 7.32. The first-order valence-electron chi connectivity index (χ1n) is 6.94. The lowest BCUT2D eigenvalue weighted by Crippen LogP contribution is -2.36. The van der Waals surface area contributed by atoms with Crippen molar-refractivity contribution in [3.8, 4) is 0 Å². The van der Waals surface area contributed by atoms with Gasteiger partial charge in [-0.05, 0) is 54.8 Å². The van der Waals surface area contributed by atoms with Crippen molar-refractivity contribution in [2.45, 2.75) is 25.4 Å². The van der Waals surface area contributed by atoms with E-state index in [1.54, 1.807) is 36.7 Å². The Bertz CT molecular complexity index is 611. The third-order valence-electron chi connectivity index (χ3n) is 3.45. The average Bonchev–Trinajstić information content (AvgIpc) is 3.33. The zero-order valence-corrected chi connectivity index (χ0v) is 12.3. The van der Waals surface area contributed by atoms with E-state index in [4.69, 9.17) is 11.6 Å². The summed E-state index contributed by atoms with van der Waals surface area (Å²) in [6.07, 6.45) is 5.63. The number of hydrogen-bond acceptors (Lipinski definition) is 2. The van der Waals surface area contributed by atoms with E-state index < -0.39 is 0 Å². The molecule has 0 atom stereocenters. The SMILES string of the molecule is O=C(Nc1ccc(Cl)cc1)N(Cc1ccncc1)C1CC1. The second-order valence-corrected chi connectivity index (χ2v) is 5.59. The van der Waals surface area contributed by atoms with Crippen LogP contribution in [0.4, 0.5) is 10.5 Å². The maximum atomic E-state index is 12.4. The van der Waals surface area contributed by atoms with Gasteiger partial charge in [-0.25, -0.2) is 4.79 Å². The van der Waals surface area contributed by atoms with E-state index in [-0.39, 0.29) is 6.03 Å². The number of anilines is 1. The highest BCUT2D eigenvalue weighted by atomic mass is 35.5. The van der Waals surface area contributed by atoms with Gasteiger partial charge in [0.2, 0.25) is 0 Å². The van der Waals surface area contributed by atoms with Crippen LogP contribution in [0.25, 0.3) is 0 Å². The van der Waals surface area contributed by atoms with Gasteiger partial charge in [0.25, 0.3) is 0 Å². The fourth-order valence-corrected chi connectivity index (χ4v) is 2.29. The Balaban J connectivity index is 1.69. The summed E-state index contributed by atoms with van der Waals surface area (Å²) in [6, 6.07) is 11.3. The maximum Gasteiger partial charge on any atom is 0.322 e. The lowest BCUT2D eigenvalue weighted by atomic mass is 10.2. The number of nitrogens with zero attached hydrogens (tertiary/aromatic N) is 2. The van der Waals surface area contributed by atoms with Crippen molar-refractivity contribution in [2.75, 3.05) is 5.32 Å². The number of pyridine rings is 1. The van der Waals surface area contributed by atoms with Crippen LogP contribution in [0, 0.1) is 0 Å². The standard InChI is InChI=1S/C16H16ClN3O/c17-13-1-3-14(4-2-13)19-16(21)20(15-5-6-15)11-12-7-9-18-10-8-12/h1-4,7-10,15H,5-6,11H2,(H,19,21). The van der Waals surface area contributed by atoms with Crippen molar-refractivity contribution >= 4 is 23.3 Å². The summed E-state index contributed by atoms with van der Waals surface area (Å²) >= 11 is 5.85. The summed E-state index contributed by atoms with van der Waals surface area (Å²) in [6.45, 7) is 0.604. The first-order chi connectivity index (χ1) is 10.2. The minimum atomic E-state index is -0.0726. The zero-order valence-electron chi connectivity index (χ0n) is 11.5. The average molecular weight is 302 g/mol. The molecule has 4 nitrogen and oxygen atoms in total. The van der Waals surface area contributed by atoms with Crippen LogP contribution >= 0.6 is 11.6 Å². The summed E-state index contributed by atoms with van der Waals surface area (Å²) in [5.41, 5.74) is 1.84. The maximum absolute atomic E-state index is 12.4. The lowest BCUT2D eigenvalue weighted by molar-refractivity contribution is 0.206. The van der Waals surface area contributed by atoms with Crippen LogP contribution in [0.2, 0.25) is 5.02 Å². The predicted octanol–water partition coefficient (Wildman–Crippen LogP) is 3.93. The summed E-state index contributed by atoms with van der Waals surface area (Å²) in [5.74, 6) is 0. The molecule has 0 saturated heterocycles. The number of amides is 2. The molecule has 1 saturated carbocycles. The Labute approximate surface area is 128 Å². The van der Waals surface area contributed by atoms with Crippen LogP contribution < -0.4 is 5.32 Å². The van der Waals surface area contributed by atoms with Crippen molar-refractivity contribution < 1.29 is 4.79 Å². The summed E-state index contributed by atoms with van der Waals surface area (Å²) in [4.78, 5) is 18.3. The van der Waals surface area contributed by atoms with Gasteiger partial charge in [-0.3, -0.25) is 4.98 Å². The molecule has 0 unspecified atom stereocenters. The molecule has 1 N–H and O–H groups in total. The van der Waals surface area contributed by atoms with Gasteiger partial charge in [0.15, 0.2) is 0 Å². The highest BCUT2D eigenvalue weighted by molar-refractivity contribution is 6.30. The molecule has 5 heteroatoms. The number of rotatable bonds is 4. The summed E-state index contributed by atoms with van der Waals surface area (Å²) in [5, 5.41) is 3.58. The molecule has 1 heterocycles. The fourth-order valence-electron chi connectivity index (χ4n) is 2.17. The van der Waals surface area contributed by atoms with Gasteiger partial charge >= 0.3 is 6.03 Å². The van der Waals surface area contributed by atoms with Crippen LogP contribution in [0.15, 0.2) is 48.8 Å². The van der Waals surface area contributed by atoms with Gasteiger partial charge in [-0.2, -0.15) is 0 Å². The summed E-state index contributed by atoms with van der Waals surface area (Å²) in [7, 11) is 0. The topological polar surface area (TPSA) is 45.2 Å². The predicted molar refractivity (Wildman–Crippen MR) is 83.3 cm³/mol. The van der Waals surface area contributed by atoms with E-state index in [0.29, 0.717) is 17.6 Å². The van der Waals surface area contributed by atoms with Crippen LogP contribution in [0.1, 0.15) is 18.4 Å². The van der Waals surface area contributed by atoms with Crippen LogP contribution in [-0.4, -0.2) is 22.0 Å². The van der Waals surface area contributed by atoms with Gasteiger partial charge in [0, 0.05) is 35.7 Å². The van der Waals surface area contributed by atoms with E-state index in [0.717, 1.165) is 24.1 Å². The van der Waals surface area contributed by atoms with Crippen LogP contribution in [0.3, 0.4) is 0 Å². The number of aromatic nitrogens is 1. The van der Waals surface area contributed by atoms with Gasteiger partial charge in [0.1, 0.15) is 0 Å². The van der Waals surface area contributed by atoms with Gasteiger partial charge < -0.3 is 10.2 Å². The van der Waals surface area contributed by atoms with E-state index in [9.17, 15) is 4.79 Å². The summed E-state index contributed by atoms with van der Waals surface area (Å²) < 4.78 is 0. The molecule has 2 aromatic rings. The Morgan fingerprint density at radius 1 is 1.19 bits per heavy atom. The number of carbonyl (C=O) groups excluding carboxylic acids is 1. The smallest absolute Gasteiger partial charge is 0.317 e. The normalized spacial score (nSPS) is 13.8. The fraction of sp³-hybridized carbons (Fsp3) is 0.250. The Hall–Kier alpha value is -2.07. The van der Waals surface area contributed by atoms with Gasteiger partial charge in [-0.15, -0.1) is 0 Å². The van der Waals surface area contributed by atoms with Crippen molar-refractivity contribution in [3.63, 3.8) is 0 Å². The minimum absolute atomic E-state index is 0.0726. The number of nitrogens with one attached hydrogen (secondary N) is 1. The van der Waals surface area contributed by atoms with E-state index >= 15 is 0 Å². The molecule has 1 fully saturated rings. The highest BCUT2D eigenvalue weighted by Gasteiger charge is 2.32. The number of hydrogen-bond donors (Lipinski definition) is 1. The van der Waals surface area contributed by atoms with Crippen LogP contribution in [0.5, 0.6) is 0 Å². The molecule has 21 heavy (non-hydrogen) atoms. The number of carbonyl (C=O) groups is 1. The quantitative estimate of drug-likeness (QED) is 0.930. The second kappa shape index (κ2) is 6.14. The van der Waals surface area contributed by atoms with Gasteiger partial charge in [-0.1, -0.05) is 11.6 Å². The molecule has 2 amide bonds. The van der Waals surface area contributed by atoms with E-state index in [1.165, 1.54) is 0 Å². The highest BCUT2D eigenvalue weighted by Crippen LogP contribution is 2.29. The molecule has 0 aliphatic heterocycles. The molecule has 0 spiro atoms. The molecule has 1 aliphatic carbocycles. The molecule has 0 radical (unpaired) electrons. The van der Waals surface area contributed by atoms with Crippen molar-refractivity contribution in [3.05, 3.63) is 59.4 Å². The second-order valence-electron chi connectivity index (χ2n) is 5.15. The third-order valence-corrected chi connectivity index (χ3v) is 3.70. The minimum Gasteiger partial charge on any atom is -0.317 e. The number of benzene rings is 1. The first kappa shape index (κ1) is 13.9. The van der Waals surface area contributed by atoms with Gasteiger partial charge in [0.05, 0.1) is 0 Å². The number of urea groups is 1. The van der Waals surface area contributed by atoms with Crippen molar-refractivity contribution in [2.24, 2.45) is 0 Å². The Morgan fingerprint density at radius 3 is 2.48 bits per heavy atom. The van der Waals surface area contributed by atoms with Crippen LogP contribution in [-0.2, 0) is 6.54 Å². The third kappa shape index (κ3) is 3.73. The van der Waals surface area contributed by atoms with Crippen molar-refractivity contribution in [1.29, 1.82) is 0 Å². The van der Waals surface area contributed by atoms with Crippen molar-refractivity contribution in [1.82, 2.24) is 9.88 Å². The monoisotopic (exact) mass is 301 g/mol. The molecular weight excluding hydrogens is 286 g/mol. The molecule has 0 bridgehead atoms. The molecule has 108 valence electrons.